The molecule has 2 aromatic rings. The fraction of sp³-hybridized carbons (Fsp3) is 0.316. The zero-order chi connectivity index (χ0) is 16.4. The Hall–Kier alpha value is -1.94. The third-order valence-electron chi connectivity index (χ3n) is 4.15. The first-order valence-electron chi connectivity index (χ1n) is 7.87. The van der Waals surface area contributed by atoms with Crippen LogP contribution < -0.4 is 5.32 Å². The number of benzene rings is 2. The average molecular weight is 326 g/mol. The smallest absolute Gasteiger partial charge is 0.308 e. The SMILES string of the molecule is Cc1ccc(NC(=O)N2CCS[C@@H]2c2ccc(C)cc2C)cc1. The van der Waals surface area contributed by atoms with E-state index in [1.54, 1.807) is 0 Å². The number of hydrogen-bond donors (Lipinski definition) is 1. The monoisotopic (exact) mass is 326 g/mol. The average Bonchev–Trinajstić information content (AvgIpc) is 2.99. The summed E-state index contributed by atoms with van der Waals surface area (Å²) in [5.74, 6) is 0.972. The molecular formula is C19H22N2OS. The van der Waals surface area contributed by atoms with E-state index in [2.05, 4.69) is 37.4 Å². The van der Waals surface area contributed by atoms with Gasteiger partial charge in [0.1, 0.15) is 5.37 Å². The number of aryl methyl sites for hydroxylation is 3. The molecule has 3 rings (SSSR count). The van der Waals surface area contributed by atoms with E-state index < -0.39 is 0 Å². The predicted molar refractivity (Wildman–Crippen MR) is 98.0 cm³/mol. The lowest BCUT2D eigenvalue weighted by Crippen LogP contribution is -2.34. The summed E-state index contributed by atoms with van der Waals surface area (Å²) >= 11 is 1.83. The summed E-state index contributed by atoms with van der Waals surface area (Å²) in [7, 11) is 0. The van der Waals surface area contributed by atoms with Gasteiger partial charge in [0.15, 0.2) is 0 Å². The molecular weight excluding hydrogens is 304 g/mol. The molecule has 2 aromatic carbocycles. The van der Waals surface area contributed by atoms with Crippen molar-refractivity contribution in [3.8, 4) is 0 Å². The molecule has 120 valence electrons. The van der Waals surface area contributed by atoms with Gasteiger partial charge in [-0.3, -0.25) is 0 Å². The van der Waals surface area contributed by atoms with Crippen LogP contribution in [0.2, 0.25) is 0 Å². The van der Waals surface area contributed by atoms with Gasteiger partial charge in [-0.05, 0) is 44.0 Å². The van der Waals surface area contributed by atoms with E-state index in [-0.39, 0.29) is 11.4 Å². The number of urea groups is 1. The number of carbonyl (C=O) groups is 1. The number of amides is 2. The van der Waals surface area contributed by atoms with Crippen LogP contribution in [0.1, 0.15) is 27.6 Å². The number of rotatable bonds is 2. The van der Waals surface area contributed by atoms with Gasteiger partial charge in [0.2, 0.25) is 0 Å². The maximum absolute atomic E-state index is 12.7. The molecule has 1 aliphatic rings. The van der Waals surface area contributed by atoms with Crippen molar-refractivity contribution in [1.82, 2.24) is 4.90 Å². The predicted octanol–water partition coefficient (Wildman–Crippen LogP) is 4.89. The van der Waals surface area contributed by atoms with Crippen molar-refractivity contribution in [1.29, 1.82) is 0 Å². The second-order valence-corrected chi connectivity index (χ2v) is 7.26. The van der Waals surface area contributed by atoms with Crippen molar-refractivity contribution < 1.29 is 4.79 Å². The Morgan fingerprint density at radius 3 is 2.48 bits per heavy atom. The van der Waals surface area contributed by atoms with Crippen LogP contribution in [0, 0.1) is 20.8 Å². The molecule has 0 unspecified atom stereocenters. The molecule has 0 aliphatic carbocycles. The third kappa shape index (κ3) is 3.53. The Balaban J connectivity index is 1.78. The summed E-state index contributed by atoms with van der Waals surface area (Å²) in [6, 6.07) is 14.3. The molecule has 0 spiro atoms. The fourth-order valence-corrected chi connectivity index (χ4v) is 4.22. The molecule has 0 radical (unpaired) electrons. The second-order valence-electron chi connectivity index (χ2n) is 6.07. The molecule has 2 amide bonds. The molecule has 23 heavy (non-hydrogen) atoms. The maximum Gasteiger partial charge on any atom is 0.323 e. The summed E-state index contributed by atoms with van der Waals surface area (Å²) in [5, 5.41) is 3.11. The van der Waals surface area contributed by atoms with Gasteiger partial charge in [-0.25, -0.2) is 4.79 Å². The summed E-state index contributed by atoms with van der Waals surface area (Å²) < 4.78 is 0. The molecule has 1 N–H and O–H groups in total. The van der Waals surface area contributed by atoms with Gasteiger partial charge in [-0.15, -0.1) is 11.8 Å². The number of anilines is 1. The highest BCUT2D eigenvalue weighted by Gasteiger charge is 2.31. The van der Waals surface area contributed by atoms with Crippen LogP contribution in [0.4, 0.5) is 10.5 Å². The van der Waals surface area contributed by atoms with E-state index in [9.17, 15) is 4.79 Å². The Kier molecular flexibility index (Phi) is 4.62. The maximum atomic E-state index is 12.7. The van der Waals surface area contributed by atoms with Crippen molar-refractivity contribution in [2.24, 2.45) is 0 Å². The minimum Gasteiger partial charge on any atom is -0.308 e. The van der Waals surface area contributed by atoms with E-state index >= 15 is 0 Å². The van der Waals surface area contributed by atoms with Gasteiger partial charge in [0, 0.05) is 18.0 Å². The van der Waals surface area contributed by atoms with Crippen LogP contribution in [0.15, 0.2) is 42.5 Å². The van der Waals surface area contributed by atoms with E-state index in [4.69, 9.17) is 0 Å². The zero-order valence-corrected chi connectivity index (χ0v) is 14.6. The standard InChI is InChI=1S/C19H22N2OS/c1-13-4-7-16(8-5-13)20-19(22)21-10-11-23-18(21)17-9-6-14(2)12-15(17)3/h4-9,12,18H,10-11H2,1-3H3,(H,20,22)/t18-/m1/s1. The number of hydrogen-bond acceptors (Lipinski definition) is 2. The lowest BCUT2D eigenvalue weighted by molar-refractivity contribution is 0.214. The summed E-state index contributed by atoms with van der Waals surface area (Å²) in [5.41, 5.74) is 5.77. The number of nitrogens with zero attached hydrogens (tertiary/aromatic N) is 1. The first kappa shape index (κ1) is 15.9. The van der Waals surface area contributed by atoms with E-state index in [0.29, 0.717) is 0 Å². The van der Waals surface area contributed by atoms with Crippen LogP contribution in [0.25, 0.3) is 0 Å². The third-order valence-corrected chi connectivity index (χ3v) is 5.39. The van der Waals surface area contributed by atoms with Crippen LogP contribution in [-0.4, -0.2) is 23.2 Å². The van der Waals surface area contributed by atoms with Gasteiger partial charge < -0.3 is 10.2 Å². The van der Waals surface area contributed by atoms with Crippen molar-refractivity contribution >= 4 is 23.5 Å². The lowest BCUT2D eigenvalue weighted by atomic mass is 10.1. The van der Waals surface area contributed by atoms with Crippen LogP contribution in [-0.2, 0) is 0 Å². The highest BCUT2D eigenvalue weighted by atomic mass is 32.2. The zero-order valence-electron chi connectivity index (χ0n) is 13.8. The Labute approximate surface area is 142 Å². The van der Waals surface area contributed by atoms with Crippen molar-refractivity contribution in [3.05, 3.63) is 64.7 Å². The molecule has 1 aliphatic heterocycles. The quantitative estimate of drug-likeness (QED) is 0.852. The molecule has 0 aromatic heterocycles. The number of carbonyl (C=O) groups excluding carboxylic acids is 1. The lowest BCUT2D eigenvalue weighted by Gasteiger charge is -2.25. The van der Waals surface area contributed by atoms with Crippen LogP contribution >= 0.6 is 11.8 Å². The molecule has 1 fully saturated rings. The molecule has 1 heterocycles. The van der Waals surface area contributed by atoms with Gasteiger partial charge >= 0.3 is 6.03 Å². The van der Waals surface area contributed by atoms with Crippen molar-refractivity contribution in [2.75, 3.05) is 17.6 Å². The highest BCUT2D eigenvalue weighted by molar-refractivity contribution is 7.99. The number of nitrogens with one attached hydrogen (secondary N) is 1. The summed E-state index contributed by atoms with van der Waals surface area (Å²) in [6.45, 7) is 7.04. The van der Waals surface area contributed by atoms with E-state index in [0.717, 1.165) is 18.0 Å². The summed E-state index contributed by atoms with van der Waals surface area (Å²) in [4.78, 5) is 14.6. The normalized spacial score (nSPS) is 17.3. The molecule has 4 heteroatoms. The number of thioether (sulfide) groups is 1. The van der Waals surface area contributed by atoms with Gasteiger partial charge in [-0.2, -0.15) is 0 Å². The molecule has 1 atom stereocenters. The minimum atomic E-state index is -0.0242. The topological polar surface area (TPSA) is 32.3 Å². The van der Waals surface area contributed by atoms with E-state index in [1.807, 2.05) is 47.9 Å². The Bertz CT molecular complexity index is 712. The van der Waals surface area contributed by atoms with Gasteiger partial charge in [0.25, 0.3) is 0 Å². The van der Waals surface area contributed by atoms with Gasteiger partial charge in [0.05, 0.1) is 0 Å². The van der Waals surface area contributed by atoms with Crippen LogP contribution in [0.5, 0.6) is 0 Å². The Morgan fingerprint density at radius 1 is 1.09 bits per heavy atom. The van der Waals surface area contributed by atoms with Crippen LogP contribution in [0.3, 0.4) is 0 Å². The second kappa shape index (κ2) is 6.67. The van der Waals surface area contributed by atoms with E-state index in [1.165, 1.54) is 22.3 Å². The largest absolute Gasteiger partial charge is 0.323 e. The molecule has 0 saturated carbocycles. The first-order valence-corrected chi connectivity index (χ1v) is 8.92. The summed E-state index contributed by atoms with van der Waals surface area (Å²) in [6.07, 6.45) is 0. The highest BCUT2D eigenvalue weighted by Crippen LogP contribution is 2.39. The fourth-order valence-electron chi connectivity index (χ4n) is 2.87. The molecule has 0 bridgehead atoms. The Morgan fingerprint density at radius 2 is 1.78 bits per heavy atom. The van der Waals surface area contributed by atoms with Crippen molar-refractivity contribution in [3.63, 3.8) is 0 Å². The minimum absolute atomic E-state index is 0.0242. The van der Waals surface area contributed by atoms with Gasteiger partial charge in [-0.1, -0.05) is 41.5 Å². The first-order chi connectivity index (χ1) is 11.0. The molecule has 1 saturated heterocycles. The van der Waals surface area contributed by atoms with Crippen molar-refractivity contribution in [2.45, 2.75) is 26.1 Å². The molecule has 3 nitrogen and oxygen atoms in total.